The Morgan fingerprint density at radius 3 is 2.40 bits per heavy atom. The fourth-order valence-corrected chi connectivity index (χ4v) is 0.637. The molecule has 0 fully saturated rings. The summed E-state index contributed by atoms with van der Waals surface area (Å²) < 4.78 is 0. The van der Waals surface area contributed by atoms with Crippen molar-refractivity contribution in [1.29, 1.82) is 0 Å². The molecule has 0 bridgehead atoms. The average molecular weight is 166 g/mol. The SMILES string of the molecule is NCCCCNC(O)(O)S. The molecule has 0 aliphatic carbocycles. The fourth-order valence-electron chi connectivity index (χ4n) is 0.525. The van der Waals surface area contributed by atoms with Gasteiger partial charge < -0.3 is 15.9 Å². The number of thiol groups is 1. The minimum absolute atomic E-state index is 0.508. The molecule has 0 rings (SSSR count). The molecular formula is C5H14N2O2S. The zero-order chi connectivity index (χ0) is 8.04. The van der Waals surface area contributed by atoms with Crippen LogP contribution >= 0.6 is 12.6 Å². The number of nitrogens with one attached hydrogen (secondary N) is 1. The van der Waals surface area contributed by atoms with E-state index < -0.39 is 5.24 Å². The molecule has 62 valence electrons. The van der Waals surface area contributed by atoms with Gasteiger partial charge in [0.05, 0.1) is 0 Å². The fraction of sp³-hybridized carbons (Fsp3) is 1.00. The zero-order valence-corrected chi connectivity index (χ0v) is 6.64. The summed E-state index contributed by atoms with van der Waals surface area (Å²) >= 11 is 3.43. The zero-order valence-electron chi connectivity index (χ0n) is 5.75. The molecular weight excluding hydrogens is 152 g/mol. The number of hydrogen-bond acceptors (Lipinski definition) is 5. The second-order valence-electron chi connectivity index (χ2n) is 2.06. The van der Waals surface area contributed by atoms with Crippen LogP contribution < -0.4 is 11.1 Å². The molecule has 10 heavy (non-hydrogen) atoms. The van der Waals surface area contributed by atoms with Crippen LogP contribution in [0.3, 0.4) is 0 Å². The topological polar surface area (TPSA) is 78.5 Å². The van der Waals surface area contributed by atoms with Crippen LogP contribution in [0.5, 0.6) is 0 Å². The molecule has 0 atom stereocenters. The summed E-state index contributed by atoms with van der Waals surface area (Å²) in [4.78, 5) is 0. The first-order chi connectivity index (χ1) is 4.56. The predicted molar refractivity (Wildman–Crippen MR) is 42.4 cm³/mol. The molecule has 0 heterocycles. The third-order valence-electron chi connectivity index (χ3n) is 0.993. The normalized spacial score (nSPS) is 12.0. The second-order valence-corrected chi connectivity index (χ2v) is 2.68. The maximum atomic E-state index is 8.59. The van der Waals surface area contributed by atoms with E-state index in [9.17, 15) is 0 Å². The van der Waals surface area contributed by atoms with E-state index in [1.54, 1.807) is 0 Å². The molecule has 0 aromatic heterocycles. The molecule has 0 spiro atoms. The van der Waals surface area contributed by atoms with Crippen LogP contribution in [0.1, 0.15) is 12.8 Å². The molecule has 0 saturated heterocycles. The van der Waals surface area contributed by atoms with Crippen LogP contribution in [0.15, 0.2) is 0 Å². The Hall–Kier alpha value is 0.190. The standard InChI is InChI=1S/C5H14N2O2S/c6-3-1-2-4-7-5(8,9)10/h7-10H,1-4,6H2. The molecule has 0 aromatic carbocycles. The van der Waals surface area contributed by atoms with Crippen LogP contribution in [0, 0.1) is 0 Å². The van der Waals surface area contributed by atoms with Gasteiger partial charge in [0, 0.05) is 6.54 Å². The van der Waals surface area contributed by atoms with Gasteiger partial charge in [-0.3, -0.25) is 5.32 Å². The molecule has 0 saturated carbocycles. The third-order valence-corrected chi connectivity index (χ3v) is 1.15. The van der Waals surface area contributed by atoms with Gasteiger partial charge in [-0.1, -0.05) is 12.6 Å². The van der Waals surface area contributed by atoms with Crippen molar-refractivity contribution < 1.29 is 10.2 Å². The van der Waals surface area contributed by atoms with Crippen molar-refractivity contribution >= 4 is 12.6 Å². The third kappa shape index (κ3) is 8.19. The van der Waals surface area contributed by atoms with E-state index in [1.165, 1.54) is 0 Å². The minimum Gasteiger partial charge on any atom is -0.345 e. The van der Waals surface area contributed by atoms with Crippen LogP contribution in [-0.2, 0) is 0 Å². The second kappa shape index (κ2) is 4.92. The summed E-state index contributed by atoms with van der Waals surface area (Å²) in [5, 5.41) is 17.5. The van der Waals surface area contributed by atoms with Crippen molar-refractivity contribution in [2.45, 2.75) is 18.1 Å². The summed E-state index contributed by atoms with van der Waals surface area (Å²) in [7, 11) is 0. The van der Waals surface area contributed by atoms with Gasteiger partial charge in [0.1, 0.15) is 0 Å². The quantitative estimate of drug-likeness (QED) is 0.203. The lowest BCUT2D eigenvalue weighted by atomic mass is 10.3. The number of unbranched alkanes of at least 4 members (excludes halogenated alkanes) is 1. The lowest BCUT2D eigenvalue weighted by molar-refractivity contribution is -0.0995. The molecule has 0 aliphatic rings. The lowest BCUT2D eigenvalue weighted by Crippen LogP contribution is -2.39. The summed E-state index contributed by atoms with van der Waals surface area (Å²) in [6.07, 6.45) is 1.69. The lowest BCUT2D eigenvalue weighted by Gasteiger charge is -2.15. The maximum absolute atomic E-state index is 8.59. The Balaban J connectivity index is 3.04. The van der Waals surface area contributed by atoms with Crippen molar-refractivity contribution in [3.05, 3.63) is 0 Å². The van der Waals surface area contributed by atoms with E-state index in [4.69, 9.17) is 15.9 Å². The first-order valence-corrected chi connectivity index (χ1v) is 3.63. The smallest absolute Gasteiger partial charge is 0.272 e. The highest BCUT2D eigenvalue weighted by Gasteiger charge is 2.13. The highest BCUT2D eigenvalue weighted by Crippen LogP contribution is 1.98. The summed E-state index contributed by atoms with van der Waals surface area (Å²) in [5.74, 6) is 0. The van der Waals surface area contributed by atoms with Gasteiger partial charge in [-0.25, -0.2) is 0 Å². The van der Waals surface area contributed by atoms with Crippen molar-refractivity contribution in [1.82, 2.24) is 5.32 Å². The highest BCUT2D eigenvalue weighted by molar-refractivity contribution is 7.81. The van der Waals surface area contributed by atoms with Gasteiger partial charge in [0.2, 0.25) is 0 Å². The Kier molecular flexibility index (Phi) is 5.02. The van der Waals surface area contributed by atoms with Crippen LogP contribution in [-0.4, -0.2) is 28.5 Å². The Bertz CT molecular complexity index is 84.2. The van der Waals surface area contributed by atoms with Gasteiger partial charge in [-0.15, -0.1) is 0 Å². The monoisotopic (exact) mass is 166 g/mol. The molecule has 0 radical (unpaired) electrons. The van der Waals surface area contributed by atoms with Crippen molar-refractivity contribution in [3.8, 4) is 0 Å². The van der Waals surface area contributed by atoms with Crippen LogP contribution in [0.4, 0.5) is 0 Å². The predicted octanol–water partition coefficient (Wildman–Crippen LogP) is -1.16. The molecule has 4 nitrogen and oxygen atoms in total. The van der Waals surface area contributed by atoms with Gasteiger partial charge >= 0.3 is 0 Å². The molecule has 0 unspecified atom stereocenters. The largest absolute Gasteiger partial charge is 0.345 e. The molecule has 5 heteroatoms. The first-order valence-electron chi connectivity index (χ1n) is 3.18. The van der Waals surface area contributed by atoms with E-state index in [0.29, 0.717) is 13.1 Å². The Morgan fingerprint density at radius 1 is 1.40 bits per heavy atom. The Labute approximate surface area is 65.8 Å². The average Bonchev–Trinajstić information content (AvgIpc) is 1.78. The van der Waals surface area contributed by atoms with E-state index in [1.807, 2.05) is 0 Å². The number of aliphatic hydroxyl groups is 2. The van der Waals surface area contributed by atoms with Gasteiger partial charge in [-0.05, 0) is 19.4 Å². The van der Waals surface area contributed by atoms with E-state index in [0.717, 1.165) is 12.8 Å². The van der Waals surface area contributed by atoms with E-state index in [2.05, 4.69) is 17.9 Å². The number of hydrogen-bond donors (Lipinski definition) is 5. The number of rotatable bonds is 5. The van der Waals surface area contributed by atoms with E-state index in [-0.39, 0.29) is 0 Å². The summed E-state index contributed by atoms with van der Waals surface area (Å²) in [6.45, 7) is 1.13. The van der Waals surface area contributed by atoms with Gasteiger partial charge in [-0.2, -0.15) is 0 Å². The van der Waals surface area contributed by atoms with Gasteiger partial charge in [0.15, 0.2) is 0 Å². The molecule has 5 N–H and O–H groups in total. The van der Waals surface area contributed by atoms with E-state index >= 15 is 0 Å². The minimum atomic E-state index is -2.05. The highest BCUT2D eigenvalue weighted by atomic mass is 32.1. The maximum Gasteiger partial charge on any atom is 0.272 e. The molecule has 0 aromatic rings. The molecule has 0 aliphatic heterocycles. The molecule has 0 amide bonds. The summed E-state index contributed by atoms with van der Waals surface area (Å²) in [6, 6.07) is 0. The van der Waals surface area contributed by atoms with Crippen molar-refractivity contribution in [2.75, 3.05) is 13.1 Å². The Morgan fingerprint density at radius 2 is 2.00 bits per heavy atom. The van der Waals surface area contributed by atoms with Crippen molar-refractivity contribution in [3.63, 3.8) is 0 Å². The summed E-state index contributed by atoms with van der Waals surface area (Å²) in [5.41, 5.74) is 5.21. The first kappa shape index (κ1) is 10.2. The number of nitrogens with two attached hydrogens (primary N) is 1. The van der Waals surface area contributed by atoms with Gasteiger partial charge in [0.25, 0.3) is 5.24 Å². The van der Waals surface area contributed by atoms with Crippen LogP contribution in [0.25, 0.3) is 0 Å². The van der Waals surface area contributed by atoms with Crippen LogP contribution in [0.2, 0.25) is 0 Å². The van der Waals surface area contributed by atoms with Crippen molar-refractivity contribution in [2.24, 2.45) is 5.73 Å².